The molecule has 2 aromatic carbocycles. The second kappa shape index (κ2) is 8.32. The van der Waals surface area contributed by atoms with Crippen molar-refractivity contribution < 1.29 is 17.6 Å². The number of rotatable bonds is 6. The van der Waals surface area contributed by atoms with E-state index in [-0.39, 0.29) is 10.5 Å². The summed E-state index contributed by atoms with van der Waals surface area (Å²) in [6.45, 7) is 5.45. The fraction of sp³-hybridized carbons (Fsp3) is 0.143. The van der Waals surface area contributed by atoms with Crippen LogP contribution in [0.5, 0.6) is 0 Å². The molecule has 0 aliphatic heterocycles. The first-order valence-corrected chi connectivity index (χ1v) is 10.3. The molecule has 1 aromatic heterocycles. The lowest BCUT2D eigenvalue weighted by Crippen LogP contribution is -2.20. The van der Waals surface area contributed by atoms with Crippen molar-refractivity contribution in [1.82, 2.24) is 5.43 Å². The monoisotopic (exact) mass is 411 g/mol. The van der Waals surface area contributed by atoms with E-state index in [2.05, 4.69) is 15.2 Å². The van der Waals surface area contributed by atoms with Crippen LogP contribution >= 0.6 is 0 Å². The summed E-state index contributed by atoms with van der Waals surface area (Å²) in [6, 6.07) is 14.6. The van der Waals surface area contributed by atoms with Crippen molar-refractivity contribution in [2.75, 3.05) is 4.72 Å². The Labute approximate surface area is 169 Å². The van der Waals surface area contributed by atoms with E-state index in [4.69, 9.17) is 4.42 Å². The molecule has 0 atom stereocenters. The maximum absolute atomic E-state index is 12.8. The van der Waals surface area contributed by atoms with Crippen LogP contribution in [0.25, 0.3) is 0 Å². The Morgan fingerprint density at radius 1 is 1.03 bits per heavy atom. The molecule has 0 unspecified atom stereocenters. The number of furan rings is 1. The Morgan fingerprint density at radius 2 is 1.83 bits per heavy atom. The second-order valence-corrected chi connectivity index (χ2v) is 8.25. The van der Waals surface area contributed by atoms with Gasteiger partial charge < -0.3 is 4.42 Å². The summed E-state index contributed by atoms with van der Waals surface area (Å²) in [5.41, 5.74) is 5.40. The van der Waals surface area contributed by atoms with Gasteiger partial charge in [0, 0.05) is 5.56 Å². The van der Waals surface area contributed by atoms with Crippen LogP contribution in [0, 0.1) is 13.8 Å². The summed E-state index contributed by atoms with van der Waals surface area (Å²) in [5, 5.41) is 3.98. The molecule has 0 fully saturated rings. The summed E-state index contributed by atoms with van der Waals surface area (Å²) >= 11 is 0. The topological polar surface area (TPSA) is 101 Å². The largest absolute Gasteiger partial charge is 0.463 e. The van der Waals surface area contributed by atoms with Crippen molar-refractivity contribution in [3.8, 4) is 0 Å². The van der Waals surface area contributed by atoms with Crippen molar-refractivity contribution in [3.63, 3.8) is 0 Å². The molecule has 0 aliphatic carbocycles. The molecule has 1 amide bonds. The second-order valence-electron chi connectivity index (χ2n) is 6.57. The Balaban J connectivity index is 1.79. The molecule has 150 valence electrons. The number of benzene rings is 2. The first kappa shape index (κ1) is 20.3. The third-order valence-corrected chi connectivity index (χ3v) is 5.60. The van der Waals surface area contributed by atoms with E-state index in [1.54, 1.807) is 25.1 Å². The van der Waals surface area contributed by atoms with E-state index in [1.807, 2.05) is 26.0 Å². The molecule has 0 spiro atoms. The highest BCUT2D eigenvalue weighted by Crippen LogP contribution is 2.21. The van der Waals surface area contributed by atoms with Crippen LogP contribution in [0.3, 0.4) is 0 Å². The Morgan fingerprint density at radius 3 is 2.52 bits per heavy atom. The van der Waals surface area contributed by atoms with Crippen molar-refractivity contribution in [2.45, 2.75) is 25.7 Å². The molecule has 0 aliphatic rings. The smallest absolute Gasteiger partial charge is 0.271 e. The van der Waals surface area contributed by atoms with Gasteiger partial charge in [0.25, 0.3) is 15.9 Å². The van der Waals surface area contributed by atoms with Crippen LogP contribution in [0.1, 0.15) is 34.2 Å². The van der Waals surface area contributed by atoms with Gasteiger partial charge in [-0.25, -0.2) is 13.8 Å². The molecule has 3 rings (SSSR count). The number of sulfonamides is 1. The van der Waals surface area contributed by atoms with Gasteiger partial charge in [-0.15, -0.1) is 0 Å². The average molecular weight is 411 g/mol. The van der Waals surface area contributed by atoms with E-state index in [9.17, 15) is 13.2 Å². The lowest BCUT2D eigenvalue weighted by molar-refractivity contribution is 0.0954. The molecule has 3 aromatic rings. The lowest BCUT2D eigenvalue weighted by atomic mass is 10.1. The molecule has 1 heterocycles. The number of nitrogens with zero attached hydrogens (tertiary/aromatic N) is 1. The summed E-state index contributed by atoms with van der Waals surface area (Å²) < 4.78 is 33.3. The minimum Gasteiger partial charge on any atom is -0.463 e. The third kappa shape index (κ3) is 4.91. The van der Waals surface area contributed by atoms with E-state index in [0.717, 1.165) is 11.1 Å². The fourth-order valence-corrected chi connectivity index (χ4v) is 3.85. The molecule has 7 nitrogen and oxygen atoms in total. The molecule has 0 radical (unpaired) electrons. The van der Waals surface area contributed by atoms with Crippen LogP contribution in [-0.2, 0) is 10.0 Å². The number of anilines is 1. The standard InChI is InChI=1S/C21H21N3O4S/c1-14-9-10-19(15(2)12-14)24-29(26,27)18-7-4-6-17(13-18)21(25)23-22-16(3)20-8-5-11-28-20/h4-13,24H,1-3H3,(H,23,25). The molecule has 0 saturated heterocycles. The van der Waals surface area contributed by atoms with Crippen LogP contribution < -0.4 is 10.1 Å². The number of hydrazone groups is 1. The number of hydrogen-bond donors (Lipinski definition) is 2. The lowest BCUT2D eigenvalue weighted by Gasteiger charge is -2.12. The number of carbonyl (C=O) groups is 1. The fourth-order valence-electron chi connectivity index (χ4n) is 2.67. The van der Waals surface area contributed by atoms with E-state index >= 15 is 0 Å². The van der Waals surface area contributed by atoms with Crippen LogP contribution in [0.2, 0.25) is 0 Å². The van der Waals surface area contributed by atoms with E-state index in [1.165, 1.54) is 30.5 Å². The van der Waals surface area contributed by atoms with Crippen molar-refractivity contribution in [1.29, 1.82) is 0 Å². The minimum absolute atomic E-state index is 0.0168. The first-order chi connectivity index (χ1) is 13.8. The average Bonchev–Trinajstić information content (AvgIpc) is 3.23. The van der Waals surface area contributed by atoms with Crippen molar-refractivity contribution in [2.24, 2.45) is 5.10 Å². The quantitative estimate of drug-likeness (QED) is 0.475. The highest BCUT2D eigenvalue weighted by Gasteiger charge is 2.17. The van der Waals surface area contributed by atoms with Crippen LogP contribution in [-0.4, -0.2) is 20.0 Å². The van der Waals surface area contributed by atoms with Gasteiger partial charge in [-0.3, -0.25) is 9.52 Å². The van der Waals surface area contributed by atoms with Gasteiger partial charge in [-0.05, 0) is 62.7 Å². The summed E-state index contributed by atoms with van der Waals surface area (Å²) in [7, 11) is -3.85. The maximum atomic E-state index is 12.8. The Hall–Kier alpha value is -3.39. The number of amides is 1. The van der Waals surface area contributed by atoms with Gasteiger partial charge in [0.15, 0.2) is 0 Å². The van der Waals surface area contributed by atoms with Crippen molar-refractivity contribution in [3.05, 3.63) is 83.3 Å². The van der Waals surface area contributed by atoms with Gasteiger partial charge in [0.05, 0.1) is 16.8 Å². The predicted octanol–water partition coefficient (Wildman–Crippen LogP) is 3.85. The Bertz CT molecular complexity index is 1170. The summed E-state index contributed by atoms with van der Waals surface area (Å²) in [5.74, 6) is -0.00114. The van der Waals surface area contributed by atoms with Gasteiger partial charge in [-0.1, -0.05) is 23.8 Å². The van der Waals surface area contributed by atoms with Gasteiger partial charge in [0.2, 0.25) is 0 Å². The highest BCUT2D eigenvalue weighted by molar-refractivity contribution is 7.92. The zero-order chi connectivity index (χ0) is 21.0. The SMILES string of the molecule is CC(=NNC(=O)c1cccc(S(=O)(=O)Nc2ccc(C)cc2C)c1)c1ccco1. The predicted molar refractivity (Wildman–Crippen MR) is 112 cm³/mol. The van der Waals surface area contributed by atoms with E-state index < -0.39 is 15.9 Å². The molecule has 2 N–H and O–H groups in total. The summed E-state index contributed by atoms with van der Waals surface area (Å²) in [4.78, 5) is 12.4. The minimum atomic E-state index is -3.85. The normalized spacial score (nSPS) is 11.9. The third-order valence-electron chi connectivity index (χ3n) is 4.24. The molecule has 29 heavy (non-hydrogen) atoms. The Kier molecular flexibility index (Phi) is 5.84. The molecular weight excluding hydrogens is 390 g/mol. The summed E-state index contributed by atoms with van der Waals surface area (Å²) in [6.07, 6.45) is 1.51. The first-order valence-electron chi connectivity index (χ1n) is 8.85. The molecule has 0 bridgehead atoms. The number of nitrogens with one attached hydrogen (secondary N) is 2. The molecule has 0 saturated carbocycles. The van der Waals surface area contributed by atoms with Gasteiger partial charge >= 0.3 is 0 Å². The zero-order valence-corrected chi connectivity index (χ0v) is 17.1. The number of aryl methyl sites for hydroxylation is 2. The van der Waals surface area contributed by atoms with Crippen LogP contribution in [0.4, 0.5) is 5.69 Å². The van der Waals surface area contributed by atoms with Gasteiger partial charge in [0.1, 0.15) is 11.5 Å². The molecule has 8 heteroatoms. The van der Waals surface area contributed by atoms with E-state index in [0.29, 0.717) is 17.2 Å². The highest BCUT2D eigenvalue weighted by atomic mass is 32.2. The number of hydrogen-bond acceptors (Lipinski definition) is 5. The van der Waals surface area contributed by atoms with Gasteiger partial charge in [-0.2, -0.15) is 5.10 Å². The molecular formula is C21H21N3O4S. The maximum Gasteiger partial charge on any atom is 0.271 e. The van der Waals surface area contributed by atoms with Crippen molar-refractivity contribution >= 4 is 27.3 Å². The van der Waals surface area contributed by atoms with Crippen LogP contribution in [0.15, 0.2) is 75.3 Å². The zero-order valence-electron chi connectivity index (χ0n) is 16.3. The number of carbonyl (C=O) groups excluding carboxylic acids is 1.